The summed E-state index contributed by atoms with van der Waals surface area (Å²) in [6, 6.07) is 0.240. The van der Waals surface area contributed by atoms with Crippen LogP contribution in [-0.2, 0) is 0 Å². The molecule has 0 aromatic carbocycles. The van der Waals surface area contributed by atoms with Crippen molar-refractivity contribution in [2.45, 2.75) is 26.3 Å². The van der Waals surface area contributed by atoms with E-state index < -0.39 is 0 Å². The van der Waals surface area contributed by atoms with Gasteiger partial charge < -0.3 is 5.32 Å². The van der Waals surface area contributed by atoms with E-state index in [0.717, 1.165) is 17.3 Å². The first-order valence-corrected chi connectivity index (χ1v) is 4.76. The van der Waals surface area contributed by atoms with Crippen molar-refractivity contribution < 1.29 is 0 Å². The molecule has 1 saturated heterocycles. The van der Waals surface area contributed by atoms with Crippen molar-refractivity contribution in [1.29, 1.82) is 5.41 Å². The molecule has 1 fully saturated rings. The van der Waals surface area contributed by atoms with E-state index in [9.17, 15) is 0 Å². The molecule has 2 aliphatic rings. The lowest BCUT2D eigenvalue weighted by Crippen LogP contribution is -2.27. The van der Waals surface area contributed by atoms with Gasteiger partial charge in [0.05, 0.1) is 16.9 Å². The molecule has 0 aliphatic carbocycles. The maximum absolute atomic E-state index is 7.53. The molecule has 1 atom stereocenters. The third-order valence-corrected chi connectivity index (χ3v) is 3.21. The Bertz CT molecular complexity index is 303. The fourth-order valence-corrected chi connectivity index (χ4v) is 2.52. The Kier molecular flexibility index (Phi) is 1.72. The molecular formula is C8H11N3S. The zero-order valence-electron chi connectivity index (χ0n) is 7.14. The molecule has 2 rings (SSSR count). The van der Waals surface area contributed by atoms with Gasteiger partial charge in [-0.1, -0.05) is 11.8 Å². The maximum atomic E-state index is 7.53. The van der Waals surface area contributed by atoms with Gasteiger partial charge in [0, 0.05) is 17.0 Å². The van der Waals surface area contributed by atoms with Crippen molar-refractivity contribution in [2.24, 2.45) is 4.99 Å². The predicted molar refractivity (Wildman–Crippen MR) is 52.7 cm³/mol. The van der Waals surface area contributed by atoms with Gasteiger partial charge in [0.25, 0.3) is 0 Å². The molecular weight excluding hydrogens is 170 g/mol. The SMILES string of the molecule is CC1=NC2CC(=N)SC2=C(C)N1. The minimum atomic E-state index is 0.240. The highest BCUT2D eigenvalue weighted by Gasteiger charge is 2.29. The predicted octanol–water partition coefficient (Wildman–Crippen LogP) is 1.72. The number of amidine groups is 1. The van der Waals surface area contributed by atoms with E-state index in [1.807, 2.05) is 13.8 Å². The van der Waals surface area contributed by atoms with Crippen molar-refractivity contribution in [3.8, 4) is 0 Å². The summed E-state index contributed by atoms with van der Waals surface area (Å²) in [6.45, 7) is 4.01. The third kappa shape index (κ3) is 1.16. The van der Waals surface area contributed by atoms with Gasteiger partial charge in [0.1, 0.15) is 0 Å². The second-order valence-electron chi connectivity index (χ2n) is 3.07. The van der Waals surface area contributed by atoms with Gasteiger partial charge >= 0.3 is 0 Å². The molecule has 0 spiro atoms. The molecule has 4 heteroatoms. The summed E-state index contributed by atoms with van der Waals surface area (Å²) < 4.78 is 0. The number of thioether (sulfide) groups is 1. The molecule has 0 aromatic rings. The third-order valence-electron chi connectivity index (χ3n) is 2.00. The smallest absolute Gasteiger partial charge is 0.0981 e. The lowest BCUT2D eigenvalue weighted by molar-refractivity contribution is 0.808. The van der Waals surface area contributed by atoms with Crippen LogP contribution in [0.4, 0.5) is 0 Å². The molecule has 0 saturated carbocycles. The summed E-state index contributed by atoms with van der Waals surface area (Å²) >= 11 is 1.55. The zero-order chi connectivity index (χ0) is 8.72. The van der Waals surface area contributed by atoms with E-state index in [-0.39, 0.29) is 6.04 Å². The van der Waals surface area contributed by atoms with Crippen molar-refractivity contribution >= 4 is 22.6 Å². The lowest BCUT2D eigenvalue weighted by Gasteiger charge is -2.18. The first-order valence-electron chi connectivity index (χ1n) is 3.94. The van der Waals surface area contributed by atoms with Crippen molar-refractivity contribution in [3.05, 3.63) is 10.6 Å². The zero-order valence-corrected chi connectivity index (χ0v) is 7.96. The fourth-order valence-electron chi connectivity index (χ4n) is 1.54. The molecule has 12 heavy (non-hydrogen) atoms. The summed E-state index contributed by atoms with van der Waals surface area (Å²) in [5, 5.41) is 11.4. The Balaban J connectivity index is 2.35. The Morgan fingerprint density at radius 1 is 1.58 bits per heavy atom. The average Bonchev–Trinajstić information content (AvgIpc) is 2.29. The lowest BCUT2D eigenvalue weighted by atomic mass is 10.1. The van der Waals surface area contributed by atoms with Gasteiger partial charge in [-0.05, 0) is 13.8 Å². The number of hydrogen-bond donors (Lipinski definition) is 2. The van der Waals surface area contributed by atoms with Gasteiger partial charge in [-0.25, -0.2) is 0 Å². The second kappa shape index (κ2) is 2.62. The molecule has 3 nitrogen and oxygen atoms in total. The van der Waals surface area contributed by atoms with Crippen LogP contribution < -0.4 is 5.32 Å². The number of aliphatic imine (C=N–C) groups is 1. The number of nitrogens with zero attached hydrogens (tertiary/aromatic N) is 1. The van der Waals surface area contributed by atoms with E-state index in [1.54, 1.807) is 11.8 Å². The summed E-state index contributed by atoms with van der Waals surface area (Å²) in [7, 11) is 0. The summed E-state index contributed by atoms with van der Waals surface area (Å²) in [4.78, 5) is 5.66. The molecule has 0 radical (unpaired) electrons. The van der Waals surface area contributed by atoms with E-state index in [1.165, 1.54) is 10.6 Å². The fraction of sp³-hybridized carbons (Fsp3) is 0.500. The standard InChI is InChI=1S/C8H11N3S/c1-4-8-6(3-7(9)12-8)11-5(2)10-4/h6,9H,3H2,1-2H3,(H,10,11). The summed E-state index contributed by atoms with van der Waals surface area (Å²) in [5.74, 6) is 0.969. The van der Waals surface area contributed by atoms with Crippen LogP contribution in [0.3, 0.4) is 0 Å². The normalized spacial score (nSPS) is 28.3. The number of nitrogens with one attached hydrogen (secondary N) is 2. The minimum absolute atomic E-state index is 0.240. The quantitative estimate of drug-likeness (QED) is 0.598. The van der Waals surface area contributed by atoms with E-state index >= 15 is 0 Å². The van der Waals surface area contributed by atoms with Gasteiger partial charge in [0.15, 0.2) is 0 Å². The van der Waals surface area contributed by atoms with Crippen molar-refractivity contribution in [2.75, 3.05) is 0 Å². The number of rotatable bonds is 0. The van der Waals surface area contributed by atoms with Crippen LogP contribution >= 0.6 is 11.8 Å². The maximum Gasteiger partial charge on any atom is 0.0981 e. The Morgan fingerprint density at radius 3 is 3.08 bits per heavy atom. The Morgan fingerprint density at radius 2 is 2.33 bits per heavy atom. The molecule has 2 heterocycles. The number of allylic oxidation sites excluding steroid dienone is 1. The van der Waals surface area contributed by atoms with E-state index in [2.05, 4.69) is 10.3 Å². The monoisotopic (exact) mass is 181 g/mol. The molecule has 2 aliphatic heterocycles. The van der Waals surface area contributed by atoms with Crippen LogP contribution in [0, 0.1) is 5.41 Å². The van der Waals surface area contributed by atoms with Gasteiger partial charge in [0.2, 0.25) is 0 Å². The molecule has 64 valence electrons. The van der Waals surface area contributed by atoms with Crippen LogP contribution in [0.5, 0.6) is 0 Å². The Labute approximate surface area is 75.8 Å². The minimum Gasteiger partial charge on any atom is -0.347 e. The van der Waals surface area contributed by atoms with E-state index in [0.29, 0.717) is 0 Å². The number of hydrogen-bond acceptors (Lipinski definition) is 4. The van der Waals surface area contributed by atoms with Crippen molar-refractivity contribution in [1.82, 2.24) is 5.32 Å². The van der Waals surface area contributed by atoms with Gasteiger partial charge in [-0.2, -0.15) is 0 Å². The molecule has 0 bridgehead atoms. The average molecular weight is 181 g/mol. The summed E-state index contributed by atoms with van der Waals surface area (Å²) in [5.41, 5.74) is 1.17. The van der Waals surface area contributed by atoms with Crippen LogP contribution in [0.15, 0.2) is 15.6 Å². The van der Waals surface area contributed by atoms with Crippen LogP contribution in [-0.4, -0.2) is 16.9 Å². The molecule has 0 amide bonds. The van der Waals surface area contributed by atoms with Crippen molar-refractivity contribution in [3.63, 3.8) is 0 Å². The van der Waals surface area contributed by atoms with Gasteiger partial charge in [-0.15, -0.1) is 0 Å². The topological polar surface area (TPSA) is 48.2 Å². The largest absolute Gasteiger partial charge is 0.347 e. The second-order valence-corrected chi connectivity index (χ2v) is 4.21. The Hall–Kier alpha value is -0.770. The van der Waals surface area contributed by atoms with Crippen LogP contribution in [0.1, 0.15) is 20.3 Å². The first kappa shape index (κ1) is 7.86. The van der Waals surface area contributed by atoms with Crippen LogP contribution in [0.25, 0.3) is 0 Å². The van der Waals surface area contributed by atoms with Gasteiger partial charge in [-0.3, -0.25) is 10.4 Å². The van der Waals surface area contributed by atoms with E-state index in [4.69, 9.17) is 5.41 Å². The van der Waals surface area contributed by atoms with Crippen LogP contribution in [0.2, 0.25) is 0 Å². The highest BCUT2D eigenvalue weighted by atomic mass is 32.2. The highest BCUT2D eigenvalue weighted by Crippen LogP contribution is 2.37. The molecule has 2 N–H and O–H groups in total. The molecule has 1 unspecified atom stereocenters. The summed E-state index contributed by atoms with van der Waals surface area (Å²) in [6.07, 6.45) is 0.788. The highest BCUT2D eigenvalue weighted by molar-refractivity contribution is 8.17. The molecule has 0 aromatic heterocycles. The number of fused-ring (bicyclic) bond motifs is 1. The first-order chi connectivity index (χ1) is 5.66.